The zero-order valence-corrected chi connectivity index (χ0v) is 9.20. The molecule has 1 heterocycles. The molecular formula is C12H10ClNO2. The second-order valence-electron chi connectivity index (χ2n) is 3.47. The first-order chi connectivity index (χ1) is 7.66. The van der Waals surface area contributed by atoms with E-state index in [1.54, 1.807) is 36.8 Å². The number of anilines is 1. The van der Waals surface area contributed by atoms with Crippen molar-refractivity contribution in [3.05, 3.63) is 52.9 Å². The highest BCUT2D eigenvalue weighted by Gasteiger charge is 2.09. The number of rotatable bonds is 3. The van der Waals surface area contributed by atoms with Crippen LogP contribution in [0.4, 0.5) is 5.69 Å². The lowest BCUT2D eigenvalue weighted by atomic mass is 10.0. The monoisotopic (exact) mass is 235 g/mol. The largest absolute Gasteiger partial charge is 0.472 e. The molecule has 0 aliphatic rings. The van der Waals surface area contributed by atoms with E-state index in [2.05, 4.69) is 0 Å². The molecule has 0 spiro atoms. The molecule has 2 N–H and O–H groups in total. The van der Waals surface area contributed by atoms with E-state index in [1.165, 1.54) is 0 Å². The lowest BCUT2D eigenvalue weighted by Crippen LogP contribution is -2.03. The Morgan fingerprint density at radius 1 is 1.38 bits per heavy atom. The highest BCUT2D eigenvalue weighted by molar-refractivity contribution is 6.33. The lowest BCUT2D eigenvalue weighted by Gasteiger charge is -2.02. The van der Waals surface area contributed by atoms with Gasteiger partial charge in [0, 0.05) is 12.0 Å². The maximum absolute atomic E-state index is 11.8. The maximum Gasteiger partial charge on any atom is 0.167 e. The minimum atomic E-state index is -0.00948. The standard InChI is InChI=1S/C12H10ClNO2/c13-10-2-1-9(6-11(10)14)12(15)5-8-3-4-16-7-8/h1-4,6-7H,5,14H2. The van der Waals surface area contributed by atoms with Crippen LogP contribution in [-0.2, 0) is 6.42 Å². The Balaban J connectivity index is 2.18. The molecule has 2 aromatic rings. The molecule has 4 heteroatoms. The van der Waals surface area contributed by atoms with Crippen LogP contribution in [-0.4, -0.2) is 5.78 Å². The van der Waals surface area contributed by atoms with Crippen LogP contribution in [0.5, 0.6) is 0 Å². The summed E-state index contributed by atoms with van der Waals surface area (Å²) in [6.07, 6.45) is 3.40. The van der Waals surface area contributed by atoms with Gasteiger partial charge in [-0.1, -0.05) is 11.6 Å². The fourth-order valence-electron chi connectivity index (χ4n) is 1.40. The highest BCUT2D eigenvalue weighted by Crippen LogP contribution is 2.20. The van der Waals surface area contributed by atoms with Crippen LogP contribution in [0.3, 0.4) is 0 Å². The van der Waals surface area contributed by atoms with Gasteiger partial charge in [0.05, 0.1) is 23.2 Å². The molecule has 0 bridgehead atoms. The van der Waals surface area contributed by atoms with Gasteiger partial charge in [-0.2, -0.15) is 0 Å². The van der Waals surface area contributed by atoms with E-state index in [0.717, 1.165) is 5.56 Å². The molecule has 2 rings (SSSR count). The Kier molecular flexibility index (Phi) is 2.97. The van der Waals surface area contributed by atoms with Gasteiger partial charge in [-0.15, -0.1) is 0 Å². The topological polar surface area (TPSA) is 56.2 Å². The van der Waals surface area contributed by atoms with Crippen molar-refractivity contribution in [3.63, 3.8) is 0 Å². The van der Waals surface area contributed by atoms with E-state index in [0.29, 0.717) is 22.7 Å². The first-order valence-corrected chi connectivity index (χ1v) is 5.14. The third kappa shape index (κ3) is 2.25. The van der Waals surface area contributed by atoms with E-state index in [1.807, 2.05) is 0 Å². The summed E-state index contributed by atoms with van der Waals surface area (Å²) in [5, 5.41) is 0.458. The van der Waals surface area contributed by atoms with Crippen LogP contribution in [0.15, 0.2) is 41.2 Å². The van der Waals surface area contributed by atoms with Crippen molar-refractivity contribution in [2.45, 2.75) is 6.42 Å². The fraction of sp³-hybridized carbons (Fsp3) is 0.0833. The predicted molar refractivity (Wildman–Crippen MR) is 62.6 cm³/mol. The second kappa shape index (κ2) is 4.41. The molecule has 0 amide bonds. The van der Waals surface area contributed by atoms with Crippen molar-refractivity contribution < 1.29 is 9.21 Å². The summed E-state index contributed by atoms with van der Waals surface area (Å²) in [7, 11) is 0. The van der Waals surface area contributed by atoms with Crippen molar-refractivity contribution in [1.82, 2.24) is 0 Å². The molecule has 16 heavy (non-hydrogen) atoms. The number of Topliss-reactive ketones (excluding diaryl/α,β-unsaturated/α-hetero) is 1. The van der Waals surface area contributed by atoms with Gasteiger partial charge in [-0.05, 0) is 29.8 Å². The number of halogens is 1. The van der Waals surface area contributed by atoms with Crippen LogP contribution in [0.1, 0.15) is 15.9 Å². The molecule has 0 unspecified atom stereocenters. The third-order valence-corrected chi connectivity index (χ3v) is 2.61. The Morgan fingerprint density at radius 2 is 2.19 bits per heavy atom. The Labute approximate surface area is 97.8 Å². The van der Waals surface area contributed by atoms with E-state index in [-0.39, 0.29) is 5.78 Å². The minimum Gasteiger partial charge on any atom is -0.472 e. The summed E-state index contributed by atoms with van der Waals surface area (Å²) in [4.78, 5) is 11.8. The normalized spacial score (nSPS) is 10.3. The molecule has 1 aromatic heterocycles. The Morgan fingerprint density at radius 3 is 2.81 bits per heavy atom. The molecule has 3 nitrogen and oxygen atoms in total. The van der Waals surface area contributed by atoms with Crippen molar-refractivity contribution in [2.75, 3.05) is 5.73 Å². The number of hydrogen-bond donors (Lipinski definition) is 1. The van der Waals surface area contributed by atoms with Gasteiger partial charge in [0.25, 0.3) is 0 Å². The smallest absolute Gasteiger partial charge is 0.167 e. The molecule has 0 aliphatic heterocycles. The first-order valence-electron chi connectivity index (χ1n) is 4.76. The summed E-state index contributed by atoms with van der Waals surface area (Å²) in [6.45, 7) is 0. The van der Waals surface area contributed by atoms with Gasteiger partial charge in [0.15, 0.2) is 5.78 Å². The van der Waals surface area contributed by atoms with Gasteiger partial charge < -0.3 is 10.2 Å². The molecule has 0 aliphatic carbocycles. The molecule has 0 saturated carbocycles. The second-order valence-corrected chi connectivity index (χ2v) is 3.88. The van der Waals surface area contributed by atoms with Gasteiger partial charge >= 0.3 is 0 Å². The van der Waals surface area contributed by atoms with Crippen LogP contribution in [0.2, 0.25) is 5.02 Å². The number of hydrogen-bond acceptors (Lipinski definition) is 3. The molecule has 0 radical (unpaired) electrons. The van der Waals surface area contributed by atoms with Crippen molar-refractivity contribution in [1.29, 1.82) is 0 Å². The van der Waals surface area contributed by atoms with Crippen molar-refractivity contribution in [2.24, 2.45) is 0 Å². The number of ketones is 1. The summed E-state index contributed by atoms with van der Waals surface area (Å²) in [5.41, 5.74) is 7.45. The summed E-state index contributed by atoms with van der Waals surface area (Å²) in [6, 6.07) is 6.64. The lowest BCUT2D eigenvalue weighted by molar-refractivity contribution is 0.0993. The van der Waals surface area contributed by atoms with Crippen LogP contribution in [0, 0.1) is 0 Å². The number of nitrogen functional groups attached to an aromatic ring is 1. The molecule has 82 valence electrons. The number of carbonyl (C=O) groups excluding carboxylic acids is 1. The van der Waals surface area contributed by atoms with E-state index < -0.39 is 0 Å². The molecule has 1 aromatic carbocycles. The van der Waals surface area contributed by atoms with Crippen molar-refractivity contribution >= 4 is 23.1 Å². The number of nitrogens with two attached hydrogens (primary N) is 1. The summed E-state index contributed by atoms with van der Waals surface area (Å²) >= 11 is 5.78. The maximum atomic E-state index is 11.8. The number of furan rings is 1. The van der Waals surface area contributed by atoms with Crippen LogP contribution in [0.25, 0.3) is 0 Å². The Hall–Kier alpha value is -1.74. The minimum absolute atomic E-state index is 0.00948. The van der Waals surface area contributed by atoms with Gasteiger partial charge in [-0.3, -0.25) is 4.79 Å². The molecule has 0 saturated heterocycles. The van der Waals surface area contributed by atoms with Crippen LogP contribution >= 0.6 is 11.6 Å². The first kappa shape index (κ1) is 10.8. The van der Waals surface area contributed by atoms with Crippen molar-refractivity contribution in [3.8, 4) is 0 Å². The molecule has 0 atom stereocenters. The Bertz CT molecular complexity index is 506. The quantitative estimate of drug-likeness (QED) is 0.657. The van der Waals surface area contributed by atoms with E-state index in [4.69, 9.17) is 21.8 Å². The van der Waals surface area contributed by atoms with Gasteiger partial charge in [-0.25, -0.2) is 0 Å². The SMILES string of the molecule is Nc1cc(C(=O)Cc2ccoc2)ccc1Cl. The third-order valence-electron chi connectivity index (χ3n) is 2.26. The van der Waals surface area contributed by atoms with Gasteiger partial charge in [0.1, 0.15) is 0 Å². The number of benzene rings is 1. The predicted octanol–water partition coefficient (Wildman–Crippen LogP) is 2.94. The van der Waals surface area contributed by atoms with E-state index >= 15 is 0 Å². The molecule has 0 fully saturated rings. The average Bonchev–Trinajstić information content (AvgIpc) is 2.74. The fourth-order valence-corrected chi connectivity index (χ4v) is 1.52. The zero-order chi connectivity index (χ0) is 11.5. The van der Waals surface area contributed by atoms with Crippen LogP contribution < -0.4 is 5.73 Å². The summed E-state index contributed by atoms with van der Waals surface area (Å²) in [5.74, 6) is -0.00948. The summed E-state index contributed by atoms with van der Waals surface area (Å²) < 4.78 is 4.90. The zero-order valence-electron chi connectivity index (χ0n) is 8.44. The number of carbonyl (C=O) groups is 1. The highest BCUT2D eigenvalue weighted by atomic mass is 35.5. The average molecular weight is 236 g/mol. The van der Waals surface area contributed by atoms with E-state index in [9.17, 15) is 4.79 Å². The molecular weight excluding hydrogens is 226 g/mol. The van der Waals surface area contributed by atoms with Gasteiger partial charge in [0.2, 0.25) is 0 Å².